The Kier molecular flexibility index (Phi) is 6.48. The van der Waals surface area contributed by atoms with E-state index in [1.807, 2.05) is 6.07 Å². The smallest absolute Gasteiger partial charge is 0.338 e. The number of aromatic nitrogens is 1. The molecule has 0 aliphatic rings. The van der Waals surface area contributed by atoms with Crippen LogP contribution in [-0.4, -0.2) is 29.4 Å². The number of nitrogens with zero attached hydrogens (tertiary/aromatic N) is 2. The van der Waals surface area contributed by atoms with Crippen molar-refractivity contribution in [1.29, 1.82) is 5.26 Å². The average Bonchev–Trinajstić information content (AvgIpc) is 2.79. The van der Waals surface area contributed by atoms with E-state index in [1.54, 1.807) is 54.6 Å². The number of carbonyl (C=O) groups excluding carboxylic acids is 3. The topological polar surface area (TPSA) is 121 Å². The van der Waals surface area contributed by atoms with E-state index in [9.17, 15) is 14.4 Å². The van der Waals surface area contributed by atoms with Crippen LogP contribution in [0.15, 0.2) is 72.9 Å². The molecule has 0 spiro atoms. The van der Waals surface area contributed by atoms with Gasteiger partial charge in [-0.2, -0.15) is 5.26 Å². The summed E-state index contributed by atoms with van der Waals surface area (Å²) in [6, 6.07) is 19.3. The van der Waals surface area contributed by atoms with Gasteiger partial charge >= 0.3 is 5.97 Å². The molecule has 0 aliphatic carbocycles. The summed E-state index contributed by atoms with van der Waals surface area (Å²) < 4.78 is 5.00. The molecule has 3 aromatic rings. The van der Waals surface area contributed by atoms with Crippen molar-refractivity contribution in [2.75, 3.05) is 17.2 Å². The quantitative estimate of drug-likeness (QED) is 0.614. The van der Waals surface area contributed by atoms with E-state index in [1.165, 1.54) is 18.3 Å². The number of carbonyl (C=O) groups is 3. The number of benzene rings is 2. The van der Waals surface area contributed by atoms with Gasteiger partial charge in [-0.3, -0.25) is 14.6 Å². The number of amides is 2. The van der Waals surface area contributed by atoms with Crippen molar-refractivity contribution >= 4 is 29.2 Å². The molecule has 0 bridgehead atoms. The van der Waals surface area contributed by atoms with Crippen molar-refractivity contribution in [2.45, 2.75) is 0 Å². The minimum atomic E-state index is -0.674. The monoisotopic (exact) mass is 400 g/mol. The van der Waals surface area contributed by atoms with E-state index in [0.717, 1.165) is 0 Å². The van der Waals surface area contributed by atoms with Crippen molar-refractivity contribution in [3.63, 3.8) is 0 Å². The summed E-state index contributed by atoms with van der Waals surface area (Å²) in [6.45, 7) is -0.461. The Morgan fingerprint density at radius 2 is 1.57 bits per heavy atom. The standard InChI is InChI=1S/C22H16N4O4/c23-13-15-4-8-17(9-5-15)25-20(27)14-30-22(29)16-6-10-18(11-7-16)26-21(28)19-3-1-2-12-24-19/h1-12H,14H2,(H,25,27)(H,26,28). The fourth-order valence-electron chi connectivity index (χ4n) is 2.42. The van der Waals surface area contributed by atoms with Crippen LogP contribution in [0.1, 0.15) is 26.4 Å². The van der Waals surface area contributed by atoms with Crippen LogP contribution in [0.2, 0.25) is 0 Å². The molecule has 2 amide bonds. The largest absolute Gasteiger partial charge is 0.452 e. The third-order valence-electron chi connectivity index (χ3n) is 3.91. The maximum absolute atomic E-state index is 12.1. The van der Waals surface area contributed by atoms with Gasteiger partial charge in [0.25, 0.3) is 11.8 Å². The normalized spacial score (nSPS) is 9.83. The van der Waals surface area contributed by atoms with Crippen LogP contribution < -0.4 is 10.6 Å². The predicted octanol–water partition coefficient (Wildman–Crippen LogP) is 3.00. The maximum Gasteiger partial charge on any atom is 0.338 e. The molecule has 2 aromatic carbocycles. The van der Waals surface area contributed by atoms with Crippen LogP contribution in [0.25, 0.3) is 0 Å². The van der Waals surface area contributed by atoms with Gasteiger partial charge in [0.05, 0.1) is 17.2 Å². The number of ether oxygens (including phenoxy) is 1. The molecule has 0 radical (unpaired) electrons. The van der Waals surface area contributed by atoms with Gasteiger partial charge in [0.15, 0.2) is 6.61 Å². The first-order chi connectivity index (χ1) is 14.5. The summed E-state index contributed by atoms with van der Waals surface area (Å²) in [6.07, 6.45) is 1.52. The van der Waals surface area contributed by atoms with Crippen LogP contribution in [0.3, 0.4) is 0 Å². The number of esters is 1. The second-order valence-electron chi connectivity index (χ2n) is 6.06. The molecule has 0 fully saturated rings. The van der Waals surface area contributed by atoms with Crippen molar-refractivity contribution in [1.82, 2.24) is 4.98 Å². The lowest BCUT2D eigenvalue weighted by atomic mass is 10.2. The first-order valence-electron chi connectivity index (χ1n) is 8.85. The van der Waals surface area contributed by atoms with E-state index in [2.05, 4.69) is 15.6 Å². The Bertz CT molecular complexity index is 1090. The lowest BCUT2D eigenvalue weighted by Gasteiger charge is -2.08. The third-order valence-corrected chi connectivity index (χ3v) is 3.91. The summed E-state index contributed by atoms with van der Waals surface area (Å²) in [7, 11) is 0. The average molecular weight is 400 g/mol. The SMILES string of the molecule is N#Cc1ccc(NC(=O)COC(=O)c2ccc(NC(=O)c3ccccn3)cc2)cc1. The van der Waals surface area contributed by atoms with Gasteiger partial charge in [-0.05, 0) is 60.7 Å². The predicted molar refractivity (Wildman–Crippen MR) is 109 cm³/mol. The fourth-order valence-corrected chi connectivity index (χ4v) is 2.42. The molecular weight excluding hydrogens is 384 g/mol. The zero-order valence-corrected chi connectivity index (χ0v) is 15.7. The van der Waals surface area contributed by atoms with Gasteiger partial charge in [0.2, 0.25) is 0 Å². The van der Waals surface area contributed by atoms with Crippen LogP contribution in [0.5, 0.6) is 0 Å². The van der Waals surface area contributed by atoms with Crippen LogP contribution in [-0.2, 0) is 9.53 Å². The highest BCUT2D eigenvalue weighted by atomic mass is 16.5. The lowest BCUT2D eigenvalue weighted by Crippen LogP contribution is -2.21. The van der Waals surface area contributed by atoms with Gasteiger partial charge in [-0.25, -0.2) is 4.79 Å². The van der Waals surface area contributed by atoms with Gasteiger partial charge in [-0.15, -0.1) is 0 Å². The molecule has 0 saturated heterocycles. The number of nitrogens with one attached hydrogen (secondary N) is 2. The summed E-state index contributed by atoms with van der Waals surface area (Å²) >= 11 is 0. The Hall–Kier alpha value is -4.51. The van der Waals surface area contributed by atoms with Gasteiger partial charge in [0, 0.05) is 17.6 Å². The lowest BCUT2D eigenvalue weighted by molar-refractivity contribution is -0.119. The highest BCUT2D eigenvalue weighted by Crippen LogP contribution is 2.12. The van der Waals surface area contributed by atoms with Crippen LogP contribution >= 0.6 is 0 Å². The number of nitriles is 1. The number of rotatable bonds is 6. The molecule has 8 heteroatoms. The number of hydrogen-bond donors (Lipinski definition) is 2. The van der Waals surface area contributed by atoms with E-state index in [0.29, 0.717) is 16.9 Å². The van der Waals surface area contributed by atoms with Crippen LogP contribution in [0, 0.1) is 11.3 Å². The maximum atomic E-state index is 12.1. The molecule has 148 valence electrons. The Morgan fingerprint density at radius 1 is 0.900 bits per heavy atom. The summed E-state index contributed by atoms with van der Waals surface area (Å²) in [5, 5.41) is 14.0. The Morgan fingerprint density at radius 3 is 2.20 bits per heavy atom. The van der Waals surface area contributed by atoms with E-state index < -0.39 is 18.5 Å². The molecule has 3 rings (SSSR count). The van der Waals surface area contributed by atoms with Crippen molar-refractivity contribution in [2.24, 2.45) is 0 Å². The molecule has 1 heterocycles. The number of anilines is 2. The summed E-state index contributed by atoms with van der Waals surface area (Å²) in [5.74, 6) is -1.55. The van der Waals surface area contributed by atoms with E-state index in [-0.39, 0.29) is 17.2 Å². The van der Waals surface area contributed by atoms with Gasteiger partial charge in [-0.1, -0.05) is 6.07 Å². The number of hydrogen-bond acceptors (Lipinski definition) is 6. The molecule has 8 nitrogen and oxygen atoms in total. The van der Waals surface area contributed by atoms with E-state index in [4.69, 9.17) is 10.00 Å². The molecule has 0 atom stereocenters. The summed E-state index contributed by atoms with van der Waals surface area (Å²) in [4.78, 5) is 40.0. The second kappa shape index (κ2) is 9.61. The van der Waals surface area contributed by atoms with Crippen LogP contribution in [0.4, 0.5) is 11.4 Å². The number of pyridine rings is 1. The third kappa shape index (κ3) is 5.50. The molecule has 1 aromatic heterocycles. The molecule has 0 aliphatic heterocycles. The fraction of sp³-hybridized carbons (Fsp3) is 0.0455. The highest BCUT2D eigenvalue weighted by molar-refractivity contribution is 6.03. The summed E-state index contributed by atoms with van der Waals surface area (Å²) in [5.41, 5.74) is 1.95. The van der Waals surface area contributed by atoms with Crippen molar-refractivity contribution < 1.29 is 19.1 Å². The first kappa shape index (κ1) is 20.2. The zero-order chi connectivity index (χ0) is 21.3. The Labute approximate surface area is 172 Å². The highest BCUT2D eigenvalue weighted by Gasteiger charge is 2.12. The van der Waals surface area contributed by atoms with Gasteiger partial charge in [0.1, 0.15) is 5.69 Å². The molecular formula is C22H16N4O4. The minimum absolute atomic E-state index is 0.233. The van der Waals surface area contributed by atoms with Gasteiger partial charge < -0.3 is 15.4 Å². The Balaban J connectivity index is 1.50. The molecule has 0 unspecified atom stereocenters. The van der Waals surface area contributed by atoms with Crippen molar-refractivity contribution in [3.8, 4) is 6.07 Å². The van der Waals surface area contributed by atoms with E-state index >= 15 is 0 Å². The first-order valence-corrected chi connectivity index (χ1v) is 8.85. The van der Waals surface area contributed by atoms with Crippen molar-refractivity contribution in [3.05, 3.63) is 89.7 Å². The molecule has 30 heavy (non-hydrogen) atoms. The molecule has 0 saturated carbocycles. The minimum Gasteiger partial charge on any atom is -0.452 e. The second-order valence-corrected chi connectivity index (χ2v) is 6.06. The molecule has 2 N–H and O–H groups in total. The zero-order valence-electron chi connectivity index (χ0n) is 15.7.